The molecule has 1 fully saturated rings. The molecule has 2 amide bonds. The number of hydrogen-bond acceptors (Lipinski definition) is 4. The molecule has 2 aromatic rings. The van der Waals surface area contributed by atoms with Crippen molar-refractivity contribution >= 4 is 40.9 Å². The van der Waals surface area contributed by atoms with Crippen molar-refractivity contribution in [3.8, 4) is 0 Å². The Balaban J connectivity index is 1.53. The van der Waals surface area contributed by atoms with Crippen LogP contribution >= 0.6 is 11.6 Å². The summed E-state index contributed by atoms with van der Waals surface area (Å²) in [6.07, 6.45) is 4.09. The van der Waals surface area contributed by atoms with Crippen molar-refractivity contribution in [1.82, 2.24) is 4.90 Å². The van der Waals surface area contributed by atoms with Crippen LogP contribution in [0.1, 0.15) is 18.4 Å². The number of amides is 2. The summed E-state index contributed by atoms with van der Waals surface area (Å²) in [7, 11) is 0. The van der Waals surface area contributed by atoms with Gasteiger partial charge in [-0.2, -0.15) is 0 Å². The zero-order valence-corrected chi connectivity index (χ0v) is 16.3. The molecule has 0 aliphatic carbocycles. The first kappa shape index (κ1) is 20.5. The molecule has 1 heterocycles. The summed E-state index contributed by atoms with van der Waals surface area (Å²) in [5, 5.41) is 13.9. The molecular formula is C21H20ClN3O4. The second-order valence-corrected chi connectivity index (χ2v) is 7.16. The van der Waals surface area contributed by atoms with Gasteiger partial charge in [0, 0.05) is 36.8 Å². The van der Waals surface area contributed by atoms with Gasteiger partial charge in [-0.1, -0.05) is 35.9 Å². The van der Waals surface area contributed by atoms with Gasteiger partial charge in [-0.3, -0.25) is 19.7 Å². The first-order valence-electron chi connectivity index (χ1n) is 9.21. The molecule has 0 radical (unpaired) electrons. The predicted octanol–water partition coefficient (Wildman–Crippen LogP) is 4.14. The van der Waals surface area contributed by atoms with Gasteiger partial charge >= 0.3 is 0 Å². The normalized spacial score (nSPS) is 14.7. The van der Waals surface area contributed by atoms with E-state index in [0.29, 0.717) is 31.5 Å². The molecule has 1 aliphatic heterocycles. The van der Waals surface area contributed by atoms with E-state index in [1.807, 2.05) is 30.3 Å². The van der Waals surface area contributed by atoms with E-state index >= 15 is 0 Å². The van der Waals surface area contributed by atoms with Crippen molar-refractivity contribution in [3.05, 3.63) is 75.3 Å². The number of carbonyl (C=O) groups is 2. The van der Waals surface area contributed by atoms with Crippen LogP contribution in [0.2, 0.25) is 5.02 Å². The number of piperidine rings is 1. The number of halogens is 1. The van der Waals surface area contributed by atoms with E-state index in [0.717, 1.165) is 5.69 Å². The minimum Gasteiger partial charge on any atom is -0.339 e. The zero-order chi connectivity index (χ0) is 20.8. The fraction of sp³-hybridized carbons (Fsp3) is 0.238. The fourth-order valence-corrected chi connectivity index (χ4v) is 3.36. The summed E-state index contributed by atoms with van der Waals surface area (Å²) in [6, 6.07) is 13.6. The predicted molar refractivity (Wildman–Crippen MR) is 112 cm³/mol. The molecule has 7 nitrogen and oxygen atoms in total. The number of para-hydroxylation sites is 1. The minimum atomic E-state index is -0.563. The number of nitro benzene ring substituents is 1. The highest BCUT2D eigenvalue weighted by atomic mass is 35.5. The van der Waals surface area contributed by atoms with E-state index in [4.69, 9.17) is 11.6 Å². The van der Waals surface area contributed by atoms with Gasteiger partial charge in [0.25, 0.3) is 5.69 Å². The highest BCUT2D eigenvalue weighted by molar-refractivity contribution is 6.32. The van der Waals surface area contributed by atoms with E-state index in [1.165, 1.54) is 24.3 Å². The lowest BCUT2D eigenvalue weighted by Crippen LogP contribution is -2.40. The molecule has 0 bridgehead atoms. The molecule has 8 heteroatoms. The number of anilines is 1. The first-order valence-corrected chi connectivity index (χ1v) is 9.58. The molecule has 0 aromatic heterocycles. The smallest absolute Gasteiger partial charge is 0.288 e. The average molecular weight is 414 g/mol. The molecule has 1 aliphatic rings. The third-order valence-corrected chi connectivity index (χ3v) is 5.12. The Bertz CT molecular complexity index is 938. The number of carbonyl (C=O) groups excluding carboxylic acids is 2. The Kier molecular flexibility index (Phi) is 6.61. The van der Waals surface area contributed by atoms with Crippen LogP contribution in [-0.2, 0) is 9.59 Å². The van der Waals surface area contributed by atoms with Crippen LogP contribution in [0.4, 0.5) is 11.4 Å². The van der Waals surface area contributed by atoms with Crippen LogP contribution in [0.3, 0.4) is 0 Å². The van der Waals surface area contributed by atoms with Crippen molar-refractivity contribution in [2.75, 3.05) is 18.4 Å². The van der Waals surface area contributed by atoms with Crippen molar-refractivity contribution in [2.24, 2.45) is 5.92 Å². The lowest BCUT2D eigenvalue weighted by atomic mass is 9.95. The van der Waals surface area contributed by atoms with Crippen molar-refractivity contribution < 1.29 is 14.5 Å². The second kappa shape index (κ2) is 9.34. The van der Waals surface area contributed by atoms with Crippen LogP contribution in [0.25, 0.3) is 6.08 Å². The molecule has 0 unspecified atom stereocenters. The van der Waals surface area contributed by atoms with Crippen LogP contribution in [0, 0.1) is 16.0 Å². The largest absolute Gasteiger partial charge is 0.339 e. The fourth-order valence-electron chi connectivity index (χ4n) is 3.17. The van der Waals surface area contributed by atoms with Crippen molar-refractivity contribution in [2.45, 2.75) is 12.8 Å². The van der Waals surface area contributed by atoms with Crippen molar-refractivity contribution in [1.29, 1.82) is 0 Å². The number of benzene rings is 2. The molecule has 1 saturated heterocycles. The maximum absolute atomic E-state index is 12.4. The van der Waals surface area contributed by atoms with Gasteiger partial charge in [-0.15, -0.1) is 0 Å². The number of likely N-dealkylation sites (tertiary alicyclic amines) is 1. The number of nitrogens with one attached hydrogen (secondary N) is 1. The van der Waals surface area contributed by atoms with Crippen molar-refractivity contribution in [3.63, 3.8) is 0 Å². The molecular weight excluding hydrogens is 394 g/mol. The molecule has 1 N–H and O–H groups in total. The minimum absolute atomic E-state index is 0.0349. The van der Waals surface area contributed by atoms with E-state index in [9.17, 15) is 19.7 Å². The van der Waals surface area contributed by atoms with Gasteiger partial charge in [0.05, 0.1) is 4.92 Å². The van der Waals surface area contributed by atoms with Gasteiger partial charge in [-0.25, -0.2) is 0 Å². The third kappa shape index (κ3) is 5.42. The maximum Gasteiger partial charge on any atom is 0.288 e. The molecule has 0 saturated carbocycles. The maximum atomic E-state index is 12.4. The van der Waals surface area contributed by atoms with E-state index in [1.54, 1.807) is 11.0 Å². The highest BCUT2D eigenvalue weighted by Crippen LogP contribution is 2.26. The number of rotatable bonds is 5. The Morgan fingerprint density at radius 1 is 1.14 bits per heavy atom. The summed E-state index contributed by atoms with van der Waals surface area (Å²) in [5.74, 6) is -0.362. The standard InChI is InChI=1S/C21H20ClN3O4/c22-18-8-6-15(14-19(18)25(28)29)7-9-20(26)24-12-10-16(11-13-24)21(27)23-17-4-2-1-3-5-17/h1-9,14,16H,10-13H2,(H,23,27)/b9-7+. The van der Waals surface area contributed by atoms with Crippen LogP contribution in [0.15, 0.2) is 54.6 Å². The molecule has 3 rings (SSSR count). The summed E-state index contributed by atoms with van der Waals surface area (Å²) in [4.78, 5) is 36.8. The molecule has 2 aromatic carbocycles. The summed E-state index contributed by atoms with van der Waals surface area (Å²) < 4.78 is 0. The summed E-state index contributed by atoms with van der Waals surface area (Å²) in [6.45, 7) is 0.966. The molecule has 150 valence electrons. The number of hydrogen-bond donors (Lipinski definition) is 1. The quantitative estimate of drug-likeness (QED) is 0.453. The highest BCUT2D eigenvalue weighted by Gasteiger charge is 2.26. The first-order chi connectivity index (χ1) is 13.9. The van der Waals surface area contributed by atoms with Crippen LogP contribution in [-0.4, -0.2) is 34.7 Å². The monoisotopic (exact) mass is 413 g/mol. The topological polar surface area (TPSA) is 92.6 Å². The number of nitro groups is 1. The number of nitrogens with zero attached hydrogens (tertiary/aromatic N) is 2. The lowest BCUT2D eigenvalue weighted by Gasteiger charge is -2.30. The second-order valence-electron chi connectivity index (χ2n) is 6.76. The molecule has 29 heavy (non-hydrogen) atoms. The van der Waals surface area contributed by atoms with Gasteiger partial charge < -0.3 is 10.2 Å². The third-order valence-electron chi connectivity index (χ3n) is 4.80. The molecule has 0 atom stereocenters. The van der Waals surface area contributed by atoms with E-state index < -0.39 is 4.92 Å². The summed E-state index contributed by atoms with van der Waals surface area (Å²) >= 11 is 5.79. The molecule has 0 spiro atoms. The van der Waals surface area contributed by atoms with E-state index in [-0.39, 0.29) is 28.4 Å². The Morgan fingerprint density at radius 3 is 2.48 bits per heavy atom. The van der Waals surface area contributed by atoms with Gasteiger partial charge in [0.2, 0.25) is 11.8 Å². The zero-order valence-electron chi connectivity index (χ0n) is 15.6. The van der Waals surface area contributed by atoms with E-state index in [2.05, 4.69) is 5.32 Å². The van der Waals surface area contributed by atoms with Crippen LogP contribution in [0.5, 0.6) is 0 Å². The Morgan fingerprint density at radius 2 is 1.83 bits per heavy atom. The van der Waals surface area contributed by atoms with Gasteiger partial charge in [0.1, 0.15) is 5.02 Å². The lowest BCUT2D eigenvalue weighted by molar-refractivity contribution is -0.384. The Labute approximate surface area is 173 Å². The summed E-state index contributed by atoms with van der Waals surface area (Å²) in [5.41, 5.74) is 1.08. The van der Waals surface area contributed by atoms with Gasteiger partial charge in [-0.05, 0) is 42.7 Å². The van der Waals surface area contributed by atoms with Gasteiger partial charge in [0.15, 0.2) is 0 Å². The Hall–Kier alpha value is -3.19. The SMILES string of the molecule is O=C(Nc1ccccc1)C1CCN(C(=O)/C=C/c2ccc(Cl)c([N+](=O)[O-])c2)CC1. The average Bonchev–Trinajstić information content (AvgIpc) is 2.73. The van der Waals surface area contributed by atoms with Crippen LogP contribution < -0.4 is 5.32 Å².